The largest absolute Gasteiger partial charge is 0.198 e. The minimum absolute atomic E-state index is 0.259. The minimum atomic E-state index is 0.259. The lowest BCUT2D eigenvalue weighted by atomic mass is 10.00. The fourth-order valence-corrected chi connectivity index (χ4v) is 0.959. The number of nitrogens with zero attached hydrogens (tertiary/aromatic N) is 1. The van der Waals surface area contributed by atoms with Crippen molar-refractivity contribution < 1.29 is 0 Å². The third-order valence-corrected chi connectivity index (χ3v) is 1.63. The maximum atomic E-state index is 8.45. The van der Waals surface area contributed by atoms with Crippen molar-refractivity contribution in [2.45, 2.75) is 13.3 Å². The van der Waals surface area contributed by atoms with Gasteiger partial charge in [-0.05, 0) is 12.3 Å². The van der Waals surface area contributed by atoms with Crippen LogP contribution in [0.1, 0.15) is 13.3 Å². The summed E-state index contributed by atoms with van der Waals surface area (Å²) in [5, 5.41) is 8.45. The van der Waals surface area contributed by atoms with Crippen molar-refractivity contribution in [2.75, 3.05) is 0 Å². The molecule has 0 bridgehead atoms. The molecule has 0 aromatic rings. The normalized spacial score (nSPS) is 35.0. The number of allylic oxidation sites excluding steroid dienone is 2. The fraction of sp³-hybridized carbons (Fsp3) is 0.571. The Balaban J connectivity index is 2.54. The minimum Gasteiger partial charge on any atom is -0.198 e. The van der Waals surface area contributed by atoms with Gasteiger partial charge in [0.15, 0.2) is 0 Å². The van der Waals surface area contributed by atoms with Crippen molar-refractivity contribution in [3.8, 4) is 6.07 Å². The van der Waals surface area contributed by atoms with Crippen LogP contribution in [0.2, 0.25) is 0 Å². The first-order valence-corrected chi connectivity index (χ1v) is 2.91. The van der Waals surface area contributed by atoms with Gasteiger partial charge in [-0.3, -0.25) is 0 Å². The molecule has 8 heavy (non-hydrogen) atoms. The van der Waals surface area contributed by atoms with E-state index in [4.69, 9.17) is 5.26 Å². The van der Waals surface area contributed by atoms with Crippen LogP contribution in [0.5, 0.6) is 0 Å². The molecule has 42 valence electrons. The molecule has 0 unspecified atom stereocenters. The summed E-state index contributed by atoms with van der Waals surface area (Å²) in [5.41, 5.74) is 0. The van der Waals surface area contributed by atoms with Crippen LogP contribution in [0.3, 0.4) is 0 Å². The molecular formula is C7H9N. The molecule has 0 heterocycles. The van der Waals surface area contributed by atoms with E-state index in [0.29, 0.717) is 5.92 Å². The number of hydrogen-bond acceptors (Lipinski definition) is 1. The molecule has 0 N–H and O–H groups in total. The molecule has 1 heteroatoms. The molecule has 0 fully saturated rings. The lowest BCUT2D eigenvalue weighted by Crippen LogP contribution is -1.99. The van der Waals surface area contributed by atoms with Crippen LogP contribution in [0.4, 0.5) is 0 Å². The summed E-state index contributed by atoms with van der Waals surface area (Å²) in [4.78, 5) is 0. The zero-order chi connectivity index (χ0) is 5.98. The fourth-order valence-electron chi connectivity index (χ4n) is 0.959. The van der Waals surface area contributed by atoms with E-state index in [2.05, 4.69) is 25.1 Å². The third-order valence-electron chi connectivity index (χ3n) is 1.63. The summed E-state index contributed by atoms with van der Waals surface area (Å²) in [6.45, 7) is 2.08. The van der Waals surface area contributed by atoms with Gasteiger partial charge in [0.1, 0.15) is 0 Å². The van der Waals surface area contributed by atoms with Crippen LogP contribution in [0.25, 0.3) is 0 Å². The van der Waals surface area contributed by atoms with E-state index in [1.54, 1.807) is 0 Å². The average Bonchev–Trinajstić information content (AvgIpc) is 2.14. The van der Waals surface area contributed by atoms with Crippen molar-refractivity contribution in [2.24, 2.45) is 11.8 Å². The molecule has 1 aliphatic rings. The number of rotatable bonds is 0. The first-order valence-electron chi connectivity index (χ1n) is 2.91. The summed E-state index contributed by atoms with van der Waals surface area (Å²) < 4.78 is 0. The Bertz CT molecular complexity index is 141. The van der Waals surface area contributed by atoms with Gasteiger partial charge in [-0.15, -0.1) is 0 Å². The SMILES string of the molecule is C[C@H]1C=CC[C@@H]1C#N. The molecule has 0 aromatic carbocycles. The monoisotopic (exact) mass is 107 g/mol. The molecule has 1 rings (SSSR count). The van der Waals surface area contributed by atoms with Crippen LogP contribution >= 0.6 is 0 Å². The standard InChI is InChI=1S/C7H9N/c1-6-3-2-4-7(6)5-8/h2-3,6-7H,4H2,1H3/t6-,7+/m0/s1. The Labute approximate surface area is 49.6 Å². The third kappa shape index (κ3) is 0.742. The van der Waals surface area contributed by atoms with Crippen LogP contribution < -0.4 is 0 Å². The van der Waals surface area contributed by atoms with E-state index < -0.39 is 0 Å². The van der Waals surface area contributed by atoms with Gasteiger partial charge in [-0.2, -0.15) is 5.26 Å². The molecule has 0 aliphatic heterocycles. The van der Waals surface area contributed by atoms with Gasteiger partial charge >= 0.3 is 0 Å². The Kier molecular flexibility index (Phi) is 1.34. The quantitative estimate of drug-likeness (QED) is 0.432. The van der Waals surface area contributed by atoms with Crippen LogP contribution in [-0.4, -0.2) is 0 Å². The average molecular weight is 107 g/mol. The van der Waals surface area contributed by atoms with Crippen LogP contribution in [0, 0.1) is 23.2 Å². The maximum absolute atomic E-state index is 8.45. The molecular weight excluding hydrogens is 98.1 g/mol. The second kappa shape index (κ2) is 2.00. The number of nitriles is 1. The highest BCUT2D eigenvalue weighted by Gasteiger charge is 2.16. The van der Waals surface area contributed by atoms with Gasteiger partial charge in [0.2, 0.25) is 0 Å². The van der Waals surface area contributed by atoms with Gasteiger partial charge in [0.25, 0.3) is 0 Å². The summed E-state index contributed by atoms with van der Waals surface area (Å²) in [5.74, 6) is 0.745. The molecule has 0 saturated carbocycles. The summed E-state index contributed by atoms with van der Waals surface area (Å²) in [6, 6.07) is 2.25. The summed E-state index contributed by atoms with van der Waals surface area (Å²) in [7, 11) is 0. The highest BCUT2D eigenvalue weighted by atomic mass is 14.3. The zero-order valence-corrected chi connectivity index (χ0v) is 4.96. The molecule has 0 saturated heterocycles. The van der Waals surface area contributed by atoms with E-state index in [1.165, 1.54) is 0 Å². The van der Waals surface area contributed by atoms with Crippen molar-refractivity contribution in [3.05, 3.63) is 12.2 Å². The molecule has 1 aliphatic carbocycles. The Hall–Kier alpha value is -0.770. The van der Waals surface area contributed by atoms with Gasteiger partial charge in [-0.1, -0.05) is 19.1 Å². The maximum Gasteiger partial charge on any atom is 0.0665 e. The lowest BCUT2D eigenvalue weighted by Gasteiger charge is -2.01. The molecule has 0 aromatic heterocycles. The zero-order valence-electron chi connectivity index (χ0n) is 4.96. The molecule has 0 amide bonds. The predicted octanol–water partition coefficient (Wildman–Crippen LogP) is 1.72. The second-order valence-electron chi connectivity index (χ2n) is 2.26. The highest BCUT2D eigenvalue weighted by Crippen LogP contribution is 2.22. The van der Waals surface area contributed by atoms with Gasteiger partial charge in [-0.25, -0.2) is 0 Å². The molecule has 0 spiro atoms. The Morgan fingerprint density at radius 2 is 2.50 bits per heavy atom. The Morgan fingerprint density at radius 1 is 1.75 bits per heavy atom. The van der Waals surface area contributed by atoms with E-state index in [1.807, 2.05) is 0 Å². The molecule has 0 radical (unpaired) electrons. The van der Waals surface area contributed by atoms with Gasteiger partial charge in [0, 0.05) is 0 Å². The highest BCUT2D eigenvalue weighted by molar-refractivity contribution is 5.06. The van der Waals surface area contributed by atoms with Crippen molar-refractivity contribution in [3.63, 3.8) is 0 Å². The van der Waals surface area contributed by atoms with Crippen molar-refractivity contribution in [1.29, 1.82) is 5.26 Å². The topological polar surface area (TPSA) is 23.8 Å². The van der Waals surface area contributed by atoms with Gasteiger partial charge in [0.05, 0.1) is 12.0 Å². The van der Waals surface area contributed by atoms with Crippen molar-refractivity contribution >= 4 is 0 Å². The van der Waals surface area contributed by atoms with E-state index in [9.17, 15) is 0 Å². The molecule has 1 nitrogen and oxygen atoms in total. The van der Waals surface area contributed by atoms with E-state index in [0.717, 1.165) is 6.42 Å². The predicted molar refractivity (Wildman–Crippen MR) is 32.0 cm³/mol. The molecule has 2 atom stereocenters. The first-order chi connectivity index (χ1) is 3.84. The van der Waals surface area contributed by atoms with Crippen molar-refractivity contribution in [1.82, 2.24) is 0 Å². The number of hydrogen-bond donors (Lipinski definition) is 0. The smallest absolute Gasteiger partial charge is 0.0665 e. The van der Waals surface area contributed by atoms with E-state index >= 15 is 0 Å². The first kappa shape index (κ1) is 5.37. The van der Waals surface area contributed by atoms with Crippen LogP contribution in [-0.2, 0) is 0 Å². The van der Waals surface area contributed by atoms with Gasteiger partial charge < -0.3 is 0 Å². The Morgan fingerprint density at radius 3 is 2.75 bits per heavy atom. The second-order valence-corrected chi connectivity index (χ2v) is 2.26. The van der Waals surface area contributed by atoms with Crippen LogP contribution in [0.15, 0.2) is 12.2 Å². The summed E-state index contributed by atoms with van der Waals surface area (Å²) in [6.07, 6.45) is 5.14. The van der Waals surface area contributed by atoms with E-state index in [-0.39, 0.29) is 5.92 Å². The lowest BCUT2D eigenvalue weighted by molar-refractivity contribution is 0.566. The summed E-state index contributed by atoms with van der Waals surface area (Å²) >= 11 is 0.